The maximum atomic E-state index is 13.3. The summed E-state index contributed by atoms with van der Waals surface area (Å²) in [5.41, 5.74) is 0.120. The quantitative estimate of drug-likeness (QED) is 0.539. The van der Waals surface area contributed by atoms with E-state index in [9.17, 15) is 9.59 Å². The number of rotatable bonds is 7. The van der Waals surface area contributed by atoms with Gasteiger partial charge >= 0.3 is 6.03 Å². The number of methoxy groups -OCH3 is 2. The van der Waals surface area contributed by atoms with Gasteiger partial charge in [0.25, 0.3) is 5.91 Å². The SMILES string of the molecule is CC[C@]1(c2ccc(Cl)cc2)NC(=O)N(Cc2nc(-c3ccc(OC)c(OC)c3)no2)C1=O. The summed E-state index contributed by atoms with van der Waals surface area (Å²) in [4.78, 5) is 31.4. The molecule has 1 atom stereocenters. The Labute approximate surface area is 189 Å². The number of imide groups is 1. The number of aromatic nitrogens is 2. The van der Waals surface area contributed by atoms with Crippen LogP contribution >= 0.6 is 11.6 Å². The second kappa shape index (κ2) is 8.51. The maximum absolute atomic E-state index is 13.3. The van der Waals surface area contributed by atoms with Crippen molar-refractivity contribution in [2.45, 2.75) is 25.4 Å². The minimum atomic E-state index is -1.17. The lowest BCUT2D eigenvalue weighted by Gasteiger charge is -2.25. The van der Waals surface area contributed by atoms with Gasteiger partial charge < -0.3 is 19.3 Å². The van der Waals surface area contributed by atoms with Crippen molar-refractivity contribution in [1.29, 1.82) is 0 Å². The van der Waals surface area contributed by atoms with Crippen LogP contribution in [0.5, 0.6) is 11.5 Å². The average Bonchev–Trinajstić information content (AvgIpc) is 3.38. The average molecular weight is 457 g/mol. The maximum Gasteiger partial charge on any atom is 0.325 e. The molecule has 1 saturated heterocycles. The molecule has 1 N–H and O–H groups in total. The molecule has 2 heterocycles. The predicted molar refractivity (Wildman–Crippen MR) is 115 cm³/mol. The van der Waals surface area contributed by atoms with E-state index in [4.69, 9.17) is 25.6 Å². The van der Waals surface area contributed by atoms with Gasteiger partial charge in [0.05, 0.1) is 14.2 Å². The van der Waals surface area contributed by atoms with Gasteiger partial charge in [-0.05, 0) is 42.3 Å². The van der Waals surface area contributed by atoms with Crippen molar-refractivity contribution in [3.05, 3.63) is 58.9 Å². The molecule has 1 fully saturated rings. The normalized spacial score (nSPS) is 18.1. The van der Waals surface area contributed by atoms with Gasteiger partial charge in [-0.2, -0.15) is 4.98 Å². The van der Waals surface area contributed by atoms with Crippen molar-refractivity contribution in [2.75, 3.05) is 14.2 Å². The third-order valence-electron chi connectivity index (χ3n) is 5.45. The Morgan fingerprint density at radius 1 is 1.09 bits per heavy atom. The van der Waals surface area contributed by atoms with Crippen molar-refractivity contribution < 1.29 is 23.6 Å². The summed E-state index contributed by atoms with van der Waals surface area (Å²) in [5, 5.41) is 7.32. The number of halogens is 1. The van der Waals surface area contributed by atoms with E-state index >= 15 is 0 Å². The third-order valence-corrected chi connectivity index (χ3v) is 5.70. The summed E-state index contributed by atoms with van der Waals surface area (Å²) in [7, 11) is 3.07. The predicted octanol–water partition coefficient (Wildman–Crippen LogP) is 3.76. The van der Waals surface area contributed by atoms with Crippen LogP contribution in [0.3, 0.4) is 0 Å². The highest BCUT2D eigenvalue weighted by Crippen LogP contribution is 2.34. The van der Waals surface area contributed by atoms with Crippen LogP contribution in [0.25, 0.3) is 11.4 Å². The van der Waals surface area contributed by atoms with E-state index in [1.54, 1.807) is 49.6 Å². The van der Waals surface area contributed by atoms with Crippen LogP contribution in [0.2, 0.25) is 5.02 Å². The van der Waals surface area contributed by atoms with Crippen molar-refractivity contribution in [2.24, 2.45) is 0 Å². The molecule has 4 rings (SSSR count). The van der Waals surface area contributed by atoms with E-state index in [1.165, 1.54) is 7.11 Å². The van der Waals surface area contributed by atoms with E-state index in [2.05, 4.69) is 15.5 Å². The van der Waals surface area contributed by atoms with Gasteiger partial charge in [0.1, 0.15) is 12.1 Å². The Balaban J connectivity index is 1.58. The molecule has 9 nitrogen and oxygen atoms in total. The first-order valence-electron chi connectivity index (χ1n) is 9.87. The summed E-state index contributed by atoms with van der Waals surface area (Å²) in [5.74, 6) is 1.12. The van der Waals surface area contributed by atoms with Gasteiger partial charge in [-0.15, -0.1) is 0 Å². The summed E-state index contributed by atoms with van der Waals surface area (Å²) >= 11 is 5.97. The summed E-state index contributed by atoms with van der Waals surface area (Å²) in [6.07, 6.45) is 0.371. The number of urea groups is 1. The summed E-state index contributed by atoms with van der Waals surface area (Å²) in [6.45, 7) is 1.68. The highest BCUT2D eigenvalue weighted by atomic mass is 35.5. The molecule has 166 valence electrons. The van der Waals surface area contributed by atoms with Crippen molar-refractivity contribution >= 4 is 23.5 Å². The number of nitrogens with one attached hydrogen (secondary N) is 1. The largest absolute Gasteiger partial charge is 0.493 e. The second-order valence-electron chi connectivity index (χ2n) is 7.17. The van der Waals surface area contributed by atoms with Gasteiger partial charge in [0, 0.05) is 10.6 Å². The van der Waals surface area contributed by atoms with Crippen LogP contribution in [-0.4, -0.2) is 41.2 Å². The molecule has 3 aromatic rings. The van der Waals surface area contributed by atoms with E-state index in [0.717, 1.165) is 4.90 Å². The lowest BCUT2D eigenvalue weighted by atomic mass is 9.87. The molecule has 1 aliphatic heterocycles. The van der Waals surface area contributed by atoms with E-state index < -0.39 is 17.5 Å². The van der Waals surface area contributed by atoms with Crippen LogP contribution in [-0.2, 0) is 16.9 Å². The number of hydrogen-bond acceptors (Lipinski definition) is 7. The van der Waals surface area contributed by atoms with Crippen molar-refractivity contribution in [1.82, 2.24) is 20.4 Å². The Morgan fingerprint density at radius 2 is 1.81 bits per heavy atom. The third kappa shape index (κ3) is 3.64. The van der Waals surface area contributed by atoms with Gasteiger partial charge in [0.15, 0.2) is 11.5 Å². The lowest BCUT2D eigenvalue weighted by Crippen LogP contribution is -2.43. The number of benzene rings is 2. The molecule has 1 aromatic heterocycles. The zero-order valence-corrected chi connectivity index (χ0v) is 18.5. The molecule has 0 saturated carbocycles. The molecule has 0 aliphatic carbocycles. The molecule has 0 bridgehead atoms. The molecular weight excluding hydrogens is 436 g/mol. The second-order valence-corrected chi connectivity index (χ2v) is 7.61. The first-order chi connectivity index (χ1) is 15.4. The van der Waals surface area contributed by atoms with Crippen LogP contribution in [0, 0.1) is 0 Å². The number of hydrogen-bond donors (Lipinski definition) is 1. The monoisotopic (exact) mass is 456 g/mol. The minimum absolute atomic E-state index is 0.126. The highest BCUT2D eigenvalue weighted by Gasteiger charge is 2.51. The number of ether oxygens (including phenoxy) is 2. The zero-order chi connectivity index (χ0) is 22.9. The molecule has 2 aromatic carbocycles. The summed E-state index contributed by atoms with van der Waals surface area (Å²) < 4.78 is 15.8. The molecule has 10 heteroatoms. The van der Waals surface area contributed by atoms with E-state index in [1.807, 2.05) is 6.92 Å². The fourth-order valence-corrected chi connectivity index (χ4v) is 3.82. The highest BCUT2D eigenvalue weighted by molar-refractivity contribution is 6.30. The van der Waals surface area contributed by atoms with Crippen LogP contribution in [0.15, 0.2) is 47.0 Å². The van der Waals surface area contributed by atoms with Crippen LogP contribution < -0.4 is 14.8 Å². The molecule has 32 heavy (non-hydrogen) atoms. The number of carbonyl (C=O) groups excluding carboxylic acids is 2. The first-order valence-corrected chi connectivity index (χ1v) is 10.2. The lowest BCUT2D eigenvalue weighted by molar-refractivity contribution is -0.132. The van der Waals surface area contributed by atoms with Crippen LogP contribution in [0.4, 0.5) is 4.79 Å². The van der Waals surface area contributed by atoms with Gasteiger partial charge in [0.2, 0.25) is 11.7 Å². The fourth-order valence-electron chi connectivity index (χ4n) is 3.69. The minimum Gasteiger partial charge on any atom is -0.493 e. The molecular formula is C22H21ClN4O5. The Bertz CT molecular complexity index is 1160. The standard InChI is InChI=1S/C22H21ClN4O5/c1-4-22(14-6-8-15(23)9-7-14)20(28)27(21(29)25-22)12-18-24-19(26-32-18)13-5-10-16(30-2)17(11-13)31-3/h5-11H,4,12H2,1-3H3,(H,25,29)/t22-/m1/s1. The molecule has 3 amide bonds. The Morgan fingerprint density at radius 3 is 2.47 bits per heavy atom. The Kier molecular flexibility index (Phi) is 5.75. The molecule has 0 spiro atoms. The molecule has 1 aliphatic rings. The number of amides is 3. The van der Waals surface area contributed by atoms with Crippen molar-refractivity contribution in [3.8, 4) is 22.9 Å². The van der Waals surface area contributed by atoms with Crippen LogP contribution in [0.1, 0.15) is 24.8 Å². The van der Waals surface area contributed by atoms with Gasteiger partial charge in [-0.25, -0.2) is 4.79 Å². The fraction of sp³-hybridized carbons (Fsp3) is 0.273. The number of nitrogens with zero attached hydrogens (tertiary/aromatic N) is 3. The van der Waals surface area contributed by atoms with Crippen molar-refractivity contribution in [3.63, 3.8) is 0 Å². The molecule has 0 radical (unpaired) electrons. The Hall–Kier alpha value is -3.59. The zero-order valence-electron chi connectivity index (χ0n) is 17.7. The molecule has 0 unspecified atom stereocenters. The van der Waals surface area contributed by atoms with Gasteiger partial charge in [-0.3, -0.25) is 9.69 Å². The first kappa shape index (κ1) is 21.6. The smallest absolute Gasteiger partial charge is 0.325 e. The van der Waals surface area contributed by atoms with E-state index in [0.29, 0.717) is 39.9 Å². The van der Waals surface area contributed by atoms with E-state index in [-0.39, 0.29) is 12.4 Å². The van der Waals surface area contributed by atoms with Gasteiger partial charge in [-0.1, -0.05) is 35.8 Å². The number of carbonyl (C=O) groups is 2. The topological polar surface area (TPSA) is 107 Å². The summed E-state index contributed by atoms with van der Waals surface area (Å²) in [6, 6.07) is 11.5.